The molecule has 2 saturated carbocycles. The number of ether oxygens (including phenoxy) is 1. The van der Waals surface area contributed by atoms with Gasteiger partial charge in [0, 0.05) is 16.2 Å². The number of aliphatic hydroxyl groups is 1. The Balaban J connectivity index is 1.87. The predicted molar refractivity (Wildman–Crippen MR) is 130 cm³/mol. The fourth-order valence-electron chi connectivity index (χ4n) is 8.87. The Morgan fingerprint density at radius 1 is 1.15 bits per heavy atom. The molecule has 1 heterocycles. The van der Waals surface area contributed by atoms with E-state index < -0.39 is 34.4 Å². The van der Waals surface area contributed by atoms with Gasteiger partial charge in [-0.1, -0.05) is 68.7 Å². The van der Waals surface area contributed by atoms with Crippen molar-refractivity contribution < 1.29 is 19.4 Å². The van der Waals surface area contributed by atoms with Crippen molar-refractivity contribution in [2.45, 2.75) is 81.4 Å². The van der Waals surface area contributed by atoms with Crippen molar-refractivity contribution in [3.63, 3.8) is 0 Å². The summed E-state index contributed by atoms with van der Waals surface area (Å²) in [5.74, 6) is -0.475. The molecule has 4 nitrogen and oxygen atoms in total. The van der Waals surface area contributed by atoms with Gasteiger partial charge in [-0.2, -0.15) is 0 Å². The summed E-state index contributed by atoms with van der Waals surface area (Å²) in [6, 6.07) is 0. The van der Waals surface area contributed by atoms with Gasteiger partial charge >= 0.3 is 5.97 Å². The van der Waals surface area contributed by atoms with Gasteiger partial charge in [0.15, 0.2) is 5.78 Å². The van der Waals surface area contributed by atoms with E-state index in [1.54, 1.807) is 6.92 Å². The smallest absolute Gasteiger partial charge is 0.320 e. The topological polar surface area (TPSA) is 63.6 Å². The average molecular weight is 453 g/mol. The number of hydrogen-bond acceptors (Lipinski definition) is 4. The minimum absolute atomic E-state index is 0.0206. The van der Waals surface area contributed by atoms with Crippen LogP contribution in [0.15, 0.2) is 46.6 Å². The molecule has 1 saturated heterocycles. The van der Waals surface area contributed by atoms with Gasteiger partial charge in [0.1, 0.15) is 11.5 Å². The van der Waals surface area contributed by atoms with Crippen LogP contribution in [0.2, 0.25) is 0 Å². The van der Waals surface area contributed by atoms with Gasteiger partial charge in [0.25, 0.3) is 0 Å². The van der Waals surface area contributed by atoms with Crippen LogP contribution < -0.4 is 0 Å². The van der Waals surface area contributed by atoms with E-state index in [-0.39, 0.29) is 29.0 Å². The summed E-state index contributed by atoms with van der Waals surface area (Å²) in [6.07, 6.45) is 7.71. The third kappa shape index (κ3) is 2.62. The van der Waals surface area contributed by atoms with Crippen LogP contribution >= 0.6 is 0 Å². The zero-order chi connectivity index (χ0) is 24.9. The molecule has 4 heteroatoms. The minimum Gasteiger partial charge on any atom is -0.460 e. The summed E-state index contributed by atoms with van der Waals surface area (Å²) in [5.41, 5.74) is 2.21. The number of hydrogen-bond donors (Lipinski definition) is 1. The van der Waals surface area contributed by atoms with Crippen molar-refractivity contribution in [1.29, 1.82) is 0 Å². The van der Waals surface area contributed by atoms with E-state index in [0.717, 1.165) is 11.1 Å². The lowest BCUT2D eigenvalue weighted by Gasteiger charge is -2.69. The van der Waals surface area contributed by atoms with E-state index in [0.29, 0.717) is 0 Å². The second kappa shape index (κ2) is 7.04. The lowest BCUT2D eigenvalue weighted by Crippen LogP contribution is -2.67. The highest BCUT2D eigenvalue weighted by molar-refractivity contribution is 6.10. The third-order valence-corrected chi connectivity index (χ3v) is 10.1. The summed E-state index contributed by atoms with van der Waals surface area (Å²) in [5, 5.41) is 11.6. The maximum Gasteiger partial charge on any atom is 0.320 e. The molecule has 3 aliphatic carbocycles. The van der Waals surface area contributed by atoms with Crippen LogP contribution in [-0.2, 0) is 14.3 Å². The highest BCUT2D eigenvalue weighted by Crippen LogP contribution is 2.73. The second-order valence-corrected chi connectivity index (χ2v) is 12.1. The number of carbonyl (C=O) groups excluding carboxylic acids is 2. The van der Waals surface area contributed by atoms with Crippen LogP contribution in [0.5, 0.6) is 0 Å². The van der Waals surface area contributed by atoms with Crippen molar-refractivity contribution in [3.8, 4) is 0 Å². The summed E-state index contributed by atoms with van der Waals surface area (Å²) in [6.45, 7) is 20.5. The first-order chi connectivity index (χ1) is 15.1. The molecule has 180 valence electrons. The molecule has 0 unspecified atom stereocenters. The van der Waals surface area contributed by atoms with Crippen LogP contribution in [0.3, 0.4) is 0 Å². The van der Waals surface area contributed by atoms with Gasteiger partial charge in [-0.25, -0.2) is 0 Å². The van der Waals surface area contributed by atoms with Crippen molar-refractivity contribution in [2.24, 2.45) is 39.4 Å². The largest absolute Gasteiger partial charge is 0.460 e. The van der Waals surface area contributed by atoms with Gasteiger partial charge in [-0.3, -0.25) is 9.59 Å². The Morgan fingerprint density at radius 3 is 2.30 bits per heavy atom. The van der Waals surface area contributed by atoms with Crippen molar-refractivity contribution in [1.82, 2.24) is 0 Å². The standard InChI is InChI=1S/C29H40O4/c1-11-16(3)22(30)28(9)20-17(4)12-15(2)13-26(20,7)21(28)18(5)14-27(8)24-19(6)23(31)29(27,10)25(32)33-24/h11-14,19-22,24,30H,1-10H3/b16-11+,18-14+/t19-,20-,21+,22+,24+,26+,27+,28+,29+/m0/s1. The second-order valence-electron chi connectivity index (χ2n) is 12.1. The number of aliphatic hydroxyl groups excluding tert-OH is 1. The van der Waals surface area contributed by atoms with Gasteiger partial charge < -0.3 is 9.84 Å². The minimum atomic E-state index is -1.16. The quantitative estimate of drug-likeness (QED) is 0.343. The van der Waals surface area contributed by atoms with Crippen LogP contribution in [0.25, 0.3) is 0 Å². The number of ketones is 1. The summed E-state index contributed by atoms with van der Waals surface area (Å²) in [7, 11) is 0. The molecule has 0 aromatic rings. The average Bonchev–Trinajstić information content (AvgIpc) is 2.97. The number of esters is 1. The molecule has 1 N–H and O–H groups in total. The zero-order valence-corrected chi connectivity index (χ0v) is 21.9. The Hall–Kier alpha value is -1.94. The molecule has 0 amide bonds. The van der Waals surface area contributed by atoms with E-state index in [2.05, 4.69) is 52.8 Å². The normalized spacial score (nSPS) is 48.1. The third-order valence-electron chi connectivity index (χ3n) is 10.1. The van der Waals surface area contributed by atoms with E-state index in [4.69, 9.17) is 4.74 Å². The molecule has 4 aliphatic rings. The number of rotatable bonds is 4. The fourth-order valence-corrected chi connectivity index (χ4v) is 8.87. The van der Waals surface area contributed by atoms with Gasteiger partial charge in [-0.15, -0.1) is 0 Å². The molecule has 2 bridgehead atoms. The molecule has 0 spiro atoms. The summed E-state index contributed by atoms with van der Waals surface area (Å²) >= 11 is 0. The molecule has 0 radical (unpaired) electrons. The van der Waals surface area contributed by atoms with Crippen LogP contribution in [0.4, 0.5) is 0 Å². The highest BCUT2D eigenvalue weighted by Gasteiger charge is 2.75. The Kier molecular flexibility index (Phi) is 5.16. The number of Topliss-reactive ketones (excluding diaryl/α,β-unsaturated/α-hetero) is 1. The summed E-state index contributed by atoms with van der Waals surface area (Å²) < 4.78 is 5.73. The molecule has 1 aliphatic heterocycles. The lowest BCUT2D eigenvalue weighted by molar-refractivity contribution is -0.169. The van der Waals surface area contributed by atoms with E-state index in [1.165, 1.54) is 11.1 Å². The fraction of sp³-hybridized carbons (Fsp3) is 0.655. The van der Waals surface area contributed by atoms with Gasteiger partial charge in [-0.05, 0) is 59.0 Å². The van der Waals surface area contributed by atoms with Crippen molar-refractivity contribution in [2.75, 3.05) is 0 Å². The first-order valence-corrected chi connectivity index (χ1v) is 12.3. The molecule has 0 aromatic heterocycles. The molecular formula is C29H40O4. The Bertz CT molecular complexity index is 1060. The molecule has 4 rings (SSSR count). The Labute approximate surface area is 198 Å². The maximum absolute atomic E-state index is 13.1. The zero-order valence-electron chi connectivity index (χ0n) is 21.9. The molecule has 9 atom stereocenters. The van der Waals surface area contributed by atoms with Gasteiger partial charge in [0.05, 0.1) is 12.0 Å². The molecule has 3 fully saturated rings. The number of allylic oxidation sites excluding steroid dienone is 6. The molecule has 33 heavy (non-hydrogen) atoms. The predicted octanol–water partition coefficient (Wildman–Crippen LogP) is 5.58. The van der Waals surface area contributed by atoms with Crippen molar-refractivity contribution in [3.05, 3.63) is 46.6 Å². The first-order valence-electron chi connectivity index (χ1n) is 12.3. The van der Waals surface area contributed by atoms with Crippen molar-refractivity contribution >= 4 is 11.8 Å². The van der Waals surface area contributed by atoms with E-state index >= 15 is 0 Å². The monoisotopic (exact) mass is 452 g/mol. The van der Waals surface area contributed by atoms with Gasteiger partial charge in [0.2, 0.25) is 0 Å². The first kappa shape index (κ1) is 24.2. The number of carbonyl (C=O) groups is 2. The molecule has 0 aromatic carbocycles. The maximum atomic E-state index is 13.1. The highest BCUT2D eigenvalue weighted by atomic mass is 16.6. The lowest BCUT2D eigenvalue weighted by atomic mass is 9.34. The van der Waals surface area contributed by atoms with E-state index in [9.17, 15) is 14.7 Å². The van der Waals surface area contributed by atoms with Crippen LogP contribution in [-0.4, -0.2) is 29.1 Å². The summed E-state index contributed by atoms with van der Waals surface area (Å²) in [4.78, 5) is 25.9. The molecular weight excluding hydrogens is 412 g/mol. The van der Waals surface area contributed by atoms with Crippen LogP contribution in [0, 0.1) is 39.4 Å². The number of fused-ring (bicyclic) bond motifs is 3. The van der Waals surface area contributed by atoms with E-state index in [1.807, 2.05) is 33.8 Å². The van der Waals surface area contributed by atoms with Crippen LogP contribution in [0.1, 0.15) is 69.2 Å². The Morgan fingerprint density at radius 2 is 1.76 bits per heavy atom. The SMILES string of the molecule is C/C=C(\C)[C@@H](O)[C@@]1(C)[C@H](/C(C)=C/[C@]2(C)[C@@H]3OC(=O)[C@@]2(C)C(=O)[C@@H]3C)[C@]2(C)C=C(C)C=C(C)[C@@H]21.